The first kappa shape index (κ1) is 19.2. The summed E-state index contributed by atoms with van der Waals surface area (Å²) in [6, 6.07) is 15.2. The van der Waals surface area contributed by atoms with Gasteiger partial charge in [0.2, 0.25) is 5.95 Å². The lowest BCUT2D eigenvalue weighted by molar-refractivity contribution is 0.596. The Hall–Kier alpha value is -3.15. The summed E-state index contributed by atoms with van der Waals surface area (Å²) >= 11 is 0. The molecule has 0 atom stereocenters. The Morgan fingerprint density at radius 3 is 2.31 bits per heavy atom. The molecule has 3 aromatic rings. The SMILES string of the molecule is Cc1ccc(Nc2nc(C)cc(N3CCN(c4ccccc4F)CC3)n2)c(C)c1. The smallest absolute Gasteiger partial charge is 0.229 e. The summed E-state index contributed by atoms with van der Waals surface area (Å²) in [6.07, 6.45) is 0. The standard InChI is InChI=1S/C23H26FN5/c1-16-8-9-20(17(2)14-16)26-23-25-18(3)15-22(27-23)29-12-10-28(11-13-29)21-7-5-4-6-19(21)24/h4-9,14-15H,10-13H2,1-3H3,(H,25,26,27). The largest absolute Gasteiger partial charge is 0.366 e. The maximum absolute atomic E-state index is 14.1. The maximum Gasteiger partial charge on any atom is 0.229 e. The van der Waals surface area contributed by atoms with Gasteiger partial charge in [-0.2, -0.15) is 4.98 Å². The Bertz CT molecular complexity index is 1010. The first-order valence-corrected chi connectivity index (χ1v) is 9.94. The molecule has 6 heteroatoms. The van der Waals surface area contributed by atoms with Crippen LogP contribution in [0, 0.1) is 26.6 Å². The highest BCUT2D eigenvalue weighted by molar-refractivity contribution is 5.60. The third-order valence-electron chi connectivity index (χ3n) is 5.27. The predicted octanol–water partition coefficient (Wildman–Crippen LogP) is 4.61. The van der Waals surface area contributed by atoms with Gasteiger partial charge in [-0.05, 0) is 44.5 Å². The molecular weight excluding hydrogens is 365 g/mol. The van der Waals surface area contributed by atoms with Crippen LogP contribution in [-0.4, -0.2) is 36.1 Å². The summed E-state index contributed by atoms with van der Waals surface area (Å²) in [7, 11) is 0. The van der Waals surface area contributed by atoms with Crippen LogP contribution in [0.5, 0.6) is 0 Å². The van der Waals surface area contributed by atoms with E-state index >= 15 is 0 Å². The third kappa shape index (κ3) is 4.31. The number of aryl methyl sites for hydroxylation is 3. The van der Waals surface area contributed by atoms with Gasteiger partial charge in [-0.15, -0.1) is 0 Å². The molecule has 0 radical (unpaired) electrons. The molecule has 4 rings (SSSR count). The highest BCUT2D eigenvalue weighted by Gasteiger charge is 2.21. The van der Waals surface area contributed by atoms with Gasteiger partial charge in [0.05, 0.1) is 5.69 Å². The Labute approximate surface area is 171 Å². The van der Waals surface area contributed by atoms with E-state index in [1.165, 1.54) is 11.6 Å². The molecule has 0 aliphatic carbocycles. The summed E-state index contributed by atoms with van der Waals surface area (Å²) < 4.78 is 14.1. The molecule has 5 nitrogen and oxygen atoms in total. The minimum atomic E-state index is -0.168. The van der Waals surface area contributed by atoms with Gasteiger partial charge in [0.25, 0.3) is 0 Å². The van der Waals surface area contributed by atoms with E-state index in [2.05, 4.69) is 52.1 Å². The molecule has 0 bridgehead atoms. The molecule has 29 heavy (non-hydrogen) atoms. The van der Waals surface area contributed by atoms with Gasteiger partial charge in [0, 0.05) is 43.6 Å². The minimum absolute atomic E-state index is 0.168. The molecule has 2 aromatic carbocycles. The number of anilines is 4. The Morgan fingerprint density at radius 1 is 0.862 bits per heavy atom. The molecule has 1 fully saturated rings. The van der Waals surface area contributed by atoms with E-state index in [0.29, 0.717) is 11.6 Å². The third-order valence-corrected chi connectivity index (χ3v) is 5.27. The zero-order chi connectivity index (χ0) is 20.4. The van der Waals surface area contributed by atoms with Crippen LogP contribution < -0.4 is 15.1 Å². The van der Waals surface area contributed by atoms with Gasteiger partial charge in [0.1, 0.15) is 11.6 Å². The molecule has 2 heterocycles. The molecule has 1 N–H and O–H groups in total. The normalized spacial score (nSPS) is 14.2. The number of piperazine rings is 1. The van der Waals surface area contributed by atoms with E-state index < -0.39 is 0 Å². The van der Waals surface area contributed by atoms with Crippen LogP contribution in [0.1, 0.15) is 16.8 Å². The topological polar surface area (TPSA) is 44.3 Å². The summed E-state index contributed by atoms with van der Waals surface area (Å²) in [5.41, 5.74) is 4.99. The van der Waals surface area contributed by atoms with Crippen molar-refractivity contribution in [3.8, 4) is 0 Å². The van der Waals surface area contributed by atoms with Crippen LogP contribution in [0.15, 0.2) is 48.5 Å². The summed E-state index contributed by atoms with van der Waals surface area (Å²) in [6.45, 7) is 9.22. The van der Waals surface area contributed by atoms with Gasteiger partial charge in [-0.25, -0.2) is 9.37 Å². The van der Waals surface area contributed by atoms with Crippen LogP contribution in [-0.2, 0) is 0 Å². The van der Waals surface area contributed by atoms with Crippen LogP contribution in [0.3, 0.4) is 0 Å². The second-order valence-electron chi connectivity index (χ2n) is 7.56. The first-order valence-electron chi connectivity index (χ1n) is 9.94. The van der Waals surface area contributed by atoms with Crippen LogP contribution in [0.25, 0.3) is 0 Å². The zero-order valence-corrected chi connectivity index (χ0v) is 17.1. The fraction of sp³-hybridized carbons (Fsp3) is 0.304. The molecule has 1 aromatic heterocycles. The predicted molar refractivity (Wildman–Crippen MR) is 117 cm³/mol. The van der Waals surface area contributed by atoms with Gasteiger partial charge < -0.3 is 15.1 Å². The number of para-hydroxylation sites is 1. The van der Waals surface area contributed by atoms with Crippen molar-refractivity contribution >= 4 is 23.1 Å². The van der Waals surface area contributed by atoms with Crippen molar-refractivity contribution in [2.24, 2.45) is 0 Å². The fourth-order valence-corrected chi connectivity index (χ4v) is 3.73. The van der Waals surface area contributed by atoms with Crippen molar-refractivity contribution in [3.05, 3.63) is 71.2 Å². The van der Waals surface area contributed by atoms with E-state index in [-0.39, 0.29) is 5.82 Å². The second kappa shape index (κ2) is 8.07. The molecule has 0 amide bonds. The Morgan fingerprint density at radius 2 is 1.59 bits per heavy atom. The number of nitrogens with one attached hydrogen (secondary N) is 1. The van der Waals surface area contributed by atoms with Gasteiger partial charge in [-0.1, -0.05) is 29.8 Å². The van der Waals surface area contributed by atoms with Crippen molar-refractivity contribution in [3.63, 3.8) is 0 Å². The second-order valence-corrected chi connectivity index (χ2v) is 7.56. The summed E-state index contributed by atoms with van der Waals surface area (Å²) in [4.78, 5) is 13.6. The number of nitrogens with zero attached hydrogens (tertiary/aromatic N) is 4. The van der Waals surface area contributed by atoms with E-state index in [1.807, 2.05) is 25.1 Å². The van der Waals surface area contributed by atoms with Gasteiger partial charge in [0.15, 0.2) is 0 Å². The van der Waals surface area contributed by atoms with Crippen molar-refractivity contribution in [2.45, 2.75) is 20.8 Å². The molecule has 1 aliphatic heterocycles. The van der Waals surface area contributed by atoms with Crippen LogP contribution >= 0.6 is 0 Å². The number of halogens is 1. The maximum atomic E-state index is 14.1. The first-order chi connectivity index (χ1) is 14.0. The van der Waals surface area contributed by atoms with E-state index in [9.17, 15) is 4.39 Å². The van der Waals surface area contributed by atoms with Gasteiger partial charge >= 0.3 is 0 Å². The Balaban J connectivity index is 1.49. The monoisotopic (exact) mass is 391 g/mol. The molecule has 0 unspecified atom stereocenters. The molecule has 0 saturated carbocycles. The van der Waals surface area contributed by atoms with Crippen molar-refractivity contribution in [2.75, 3.05) is 41.3 Å². The fourth-order valence-electron chi connectivity index (χ4n) is 3.73. The number of rotatable bonds is 4. The number of hydrogen-bond acceptors (Lipinski definition) is 5. The molecule has 1 saturated heterocycles. The zero-order valence-electron chi connectivity index (χ0n) is 17.1. The molecule has 1 aliphatic rings. The number of aromatic nitrogens is 2. The van der Waals surface area contributed by atoms with E-state index in [0.717, 1.165) is 48.9 Å². The highest BCUT2D eigenvalue weighted by Crippen LogP contribution is 2.24. The van der Waals surface area contributed by atoms with Crippen molar-refractivity contribution in [1.29, 1.82) is 0 Å². The minimum Gasteiger partial charge on any atom is -0.366 e. The average Bonchev–Trinajstić information content (AvgIpc) is 2.70. The molecule has 150 valence electrons. The van der Waals surface area contributed by atoms with Crippen LogP contribution in [0.4, 0.5) is 27.5 Å². The Kier molecular flexibility index (Phi) is 5.34. The van der Waals surface area contributed by atoms with Crippen molar-refractivity contribution < 1.29 is 4.39 Å². The highest BCUT2D eigenvalue weighted by atomic mass is 19.1. The van der Waals surface area contributed by atoms with Crippen LogP contribution in [0.2, 0.25) is 0 Å². The number of hydrogen-bond donors (Lipinski definition) is 1. The van der Waals surface area contributed by atoms with Gasteiger partial charge in [-0.3, -0.25) is 0 Å². The number of benzene rings is 2. The van der Waals surface area contributed by atoms with E-state index in [4.69, 9.17) is 4.98 Å². The molecular formula is C23H26FN5. The van der Waals surface area contributed by atoms with E-state index in [1.54, 1.807) is 6.07 Å². The lowest BCUT2D eigenvalue weighted by atomic mass is 10.1. The average molecular weight is 391 g/mol. The summed E-state index contributed by atoms with van der Waals surface area (Å²) in [5, 5.41) is 3.35. The lowest BCUT2D eigenvalue weighted by Crippen LogP contribution is -2.47. The quantitative estimate of drug-likeness (QED) is 0.704. The van der Waals surface area contributed by atoms with Crippen molar-refractivity contribution in [1.82, 2.24) is 9.97 Å². The summed E-state index contributed by atoms with van der Waals surface area (Å²) in [5.74, 6) is 1.33. The lowest BCUT2D eigenvalue weighted by Gasteiger charge is -2.37. The molecule has 0 spiro atoms.